The number of anilines is 1. The van der Waals surface area contributed by atoms with Gasteiger partial charge in [-0.2, -0.15) is 0 Å². The predicted octanol–water partition coefficient (Wildman–Crippen LogP) is 2.13. The molecule has 0 aliphatic carbocycles. The molecule has 1 heterocycles. The van der Waals surface area contributed by atoms with Crippen molar-refractivity contribution >= 4 is 27.2 Å². The first-order valence-electron chi connectivity index (χ1n) is 4.76. The fourth-order valence-corrected chi connectivity index (χ4v) is 2.82. The molecule has 0 amide bonds. The Morgan fingerprint density at radius 3 is 2.88 bits per heavy atom. The number of nitrogens with one attached hydrogen (secondary N) is 1. The van der Waals surface area contributed by atoms with Gasteiger partial charge in [0.15, 0.2) is 0 Å². The van der Waals surface area contributed by atoms with E-state index in [1.165, 1.54) is 11.8 Å². The van der Waals surface area contributed by atoms with Crippen molar-refractivity contribution in [2.24, 2.45) is 0 Å². The van der Waals surface area contributed by atoms with E-state index in [4.69, 9.17) is 5.41 Å². The van der Waals surface area contributed by atoms with Crippen LogP contribution in [0.15, 0.2) is 18.2 Å². The van der Waals surface area contributed by atoms with Crippen molar-refractivity contribution in [1.29, 1.82) is 5.41 Å². The first-order valence-corrected chi connectivity index (χ1v) is 6.27. The van der Waals surface area contributed by atoms with Crippen molar-refractivity contribution in [3.63, 3.8) is 0 Å². The van der Waals surface area contributed by atoms with Crippen molar-refractivity contribution in [1.82, 2.24) is 0 Å². The molecular formula is C11H11CoN2OS-. The second kappa shape index (κ2) is 4.53. The van der Waals surface area contributed by atoms with Gasteiger partial charge in [0.2, 0.25) is 0 Å². The maximum atomic E-state index is 9.51. The Kier molecular flexibility index (Phi) is 3.27. The second-order valence-corrected chi connectivity index (χ2v) is 4.88. The topological polar surface area (TPSA) is 47.3 Å². The number of phenolic OH excluding ortho intramolecular Hbond substituents is 1. The Morgan fingerprint density at radius 1 is 1.56 bits per heavy atom. The third kappa shape index (κ3) is 1.98. The van der Waals surface area contributed by atoms with Gasteiger partial charge in [-0.15, -0.1) is 0 Å². The third-order valence-corrected chi connectivity index (χ3v) is 3.83. The zero-order chi connectivity index (χ0) is 11.7. The summed E-state index contributed by atoms with van der Waals surface area (Å²) in [5.41, 5.74) is 1.79. The maximum absolute atomic E-state index is 9.51. The van der Waals surface area contributed by atoms with Gasteiger partial charge in [0.1, 0.15) is 0 Å². The second-order valence-electron chi connectivity index (χ2n) is 3.31. The van der Waals surface area contributed by atoms with E-state index in [1.807, 2.05) is 19.4 Å². The van der Waals surface area contributed by atoms with Crippen LogP contribution < -0.4 is 4.90 Å². The number of hydrogen-bond acceptors (Lipinski definition) is 3. The molecule has 0 radical (unpaired) electrons. The van der Waals surface area contributed by atoms with Crippen LogP contribution in [0.4, 0.5) is 5.69 Å². The van der Waals surface area contributed by atoms with Crippen LogP contribution in [0.1, 0.15) is 12.5 Å². The average molecular weight is 278 g/mol. The number of phenols is 1. The zero-order valence-corrected chi connectivity index (χ0v) is 10.5. The summed E-state index contributed by atoms with van der Waals surface area (Å²) < 4.78 is 0.816. The number of hydrogen-bond donors (Lipinski definition) is 2. The molecule has 1 saturated heterocycles. The molecule has 87 valence electrons. The van der Waals surface area contributed by atoms with E-state index in [2.05, 4.69) is 15.3 Å². The molecule has 2 rings (SSSR count). The molecule has 0 atom stereocenters. The normalized spacial score (nSPS) is 15.8. The van der Waals surface area contributed by atoms with Crippen molar-refractivity contribution in [2.75, 3.05) is 10.7 Å². The van der Waals surface area contributed by atoms with E-state index >= 15 is 0 Å². The molecule has 0 unspecified atom stereocenters. The van der Waals surface area contributed by atoms with E-state index < -0.39 is 0 Å². The van der Waals surface area contributed by atoms with Crippen LogP contribution in [-0.4, -0.2) is 20.6 Å². The Balaban J connectivity index is 2.49. The van der Waals surface area contributed by atoms with E-state index in [-0.39, 0.29) is 5.75 Å². The predicted molar refractivity (Wildman–Crippen MR) is 64.9 cm³/mol. The first-order chi connectivity index (χ1) is 7.63. The summed E-state index contributed by atoms with van der Waals surface area (Å²) in [6.45, 7) is 1.93. The standard InChI is InChI=1S/C11H11N2OS.Co/c1-2-8-3-4-9(14)7-10(8)13-5-6-15-11(13)12;/h2-4,7,12,14H,6H2,1H3;/q-1;. The quantitative estimate of drug-likeness (QED) is 0.815. The molecule has 2 N–H and O–H groups in total. The molecule has 1 aromatic rings. The average Bonchev–Trinajstić information content (AvgIpc) is 2.58. The van der Waals surface area contributed by atoms with Crippen molar-refractivity contribution in [3.8, 4) is 5.75 Å². The van der Waals surface area contributed by atoms with E-state index in [0.29, 0.717) is 10.9 Å². The number of nitrogens with zero attached hydrogens (tertiary/aromatic N) is 1. The molecule has 5 heteroatoms. The Hall–Kier alpha value is -0.914. The minimum absolute atomic E-state index is 0.200. The molecule has 0 spiro atoms. The summed E-state index contributed by atoms with van der Waals surface area (Å²) in [6.07, 6.45) is 1.95. The molecule has 1 aromatic carbocycles. The SMILES string of the molecule is C[CH-]c1ccc(O)cc1N1C(=N)SC[C]1=[Co]. The van der Waals surface area contributed by atoms with E-state index in [1.54, 1.807) is 17.0 Å². The number of rotatable bonds is 2. The van der Waals surface area contributed by atoms with Crippen molar-refractivity contribution < 1.29 is 20.4 Å². The summed E-state index contributed by atoms with van der Waals surface area (Å²) in [5, 5.41) is 17.8. The van der Waals surface area contributed by atoms with Gasteiger partial charge in [0.05, 0.1) is 0 Å². The van der Waals surface area contributed by atoms with Gasteiger partial charge in [-0.3, -0.25) is 0 Å². The molecule has 3 nitrogen and oxygen atoms in total. The van der Waals surface area contributed by atoms with Crippen LogP contribution in [0.2, 0.25) is 0 Å². The van der Waals surface area contributed by atoms with Crippen molar-refractivity contribution in [3.05, 3.63) is 30.2 Å². The molecule has 1 aliphatic rings. The van der Waals surface area contributed by atoms with E-state index in [9.17, 15) is 5.11 Å². The number of aromatic hydroxyl groups is 1. The zero-order valence-electron chi connectivity index (χ0n) is 8.65. The first kappa shape index (κ1) is 11.6. The Bertz CT molecular complexity index is 445. The van der Waals surface area contributed by atoms with Gasteiger partial charge in [-0.1, -0.05) is 0 Å². The van der Waals surface area contributed by atoms with Crippen LogP contribution in [0, 0.1) is 11.8 Å². The van der Waals surface area contributed by atoms with Crippen LogP contribution in [0.5, 0.6) is 5.75 Å². The summed E-state index contributed by atoms with van der Waals surface area (Å²) in [7, 11) is 0. The third-order valence-electron chi connectivity index (χ3n) is 2.32. The van der Waals surface area contributed by atoms with Gasteiger partial charge < -0.3 is 0 Å². The fourth-order valence-electron chi connectivity index (χ4n) is 1.56. The molecule has 0 aromatic heterocycles. The molecule has 1 aliphatic heterocycles. The molecule has 0 saturated carbocycles. The van der Waals surface area contributed by atoms with Gasteiger partial charge in [-0.05, 0) is 0 Å². The van der Waals surface area contributed by atoms with Gasteiger partial charge in [0, 0.05) is 0 Å². The van der Waals surface area contributed by atoms with Crippen LogP contribution >= 0.6 is 11.8 Å². The molecule has 1 fully saturated rings. The van der Waals surface area contributed by atoms with Gasteiger partial charge in [-0.25, -0.2) is 0 Å². The number of thioether (sulfide) groups is 1. The Labute approximate surface area is 106 Å². The van der Waals surface area contributed by atoms with Crippen LogP contribution in [-0.2, 0) is 15.3 Å². The monoisotopic (exact) mass is 278 g/mol. The Morgan fingerprint density at radius 2 is 2.31 bits per heavy atom. The van der Waals surface area contributed by atoms with Crippen molar-refractivity contribution in [2.45, 2.75) is 6.92 Å². The van der Waals surface area contributed by atoms with E-state index in [0.717, 1.165) is 15.8 Å². The van der Waals surface area contributed by atoms with Gasteiger partial charge >= 0.3 is 107 Å². The fraction of sp³-hybridized carbons (Fsp3) is 0.182. The molecule has 0 bridgehead atoms. The van der Waals surface area contributed by atoms with Crippen LogP contribution in [0.3, 0.4) is 0 Å². The number of amidine groups is 1. The summed E-state index contributed by atoms with van der Waals surface area (Å²) in [4.78, 5) is 1.75. The van der Waals surface area contributed by atoms with Crippen LogP contribution in [0.25, 0.3) is 0 Å². The summed E-state index contributed by atoms with van der Waals surface area (Å²) >= 11 is 5.85. The summed E-state index contributed by atoms with van der Waals surface area (Å²) in [5.74, 6) is 0.906. The summed E-state index contributed by atoms with van der Waals surface area (Å²) in [6, 6.07) is 5.13. The molecule has 16 heavy (non-hydrogen) atoms. The molecular weight excluding hydrogens is 267 g/mol. The minimum atomic E-state index is 0.200. The number of benzene rings is 1. The van der Waals surface area contributed by atoms with Gasteiger partial charge in [0.25, 0.3) is 0 Å².